The highest BCUT2D eigenvalue weighted by atomic mass is 16.5. The summed E-state index contributed by atoms with van der Waals surface area (Å²) in [5.74, 6) is 1.29. The van der Waals surface area contributed by atoms with Crippen LogP contribution in [0.15, 0.2) is 10.7 Å². The van der Waals surface area contributed by atoms with Crippen LogP contribution in [-0.4, -0.2) is 33.6 Å². The minimum Gasteiger partial charge on any atom is -0.381 e. The van der Waals surface area contributed by atoms with Crippen molar-refractivity contribution in [3.05, 3.63) is 17.7 Å². The molecule has 7 nitrogen and oxygen atoms in total. The summed E-state index contributed by atoms with van der Waals surface area (Å²) in [4.78, 5) is 4.34. The maximum Gasteiger partial charge on any atom is 0.262 e. The zero-order chi connectivity index (χ0) is 12.4. The number of ether oxygens (including phenoxy) is 1. The van der Waals surface area contributed by atoms with E-state index in [1.807, 2.05) is 6.07 Å². The fourth-order valence-electron chi connectivity index (χ4n) is 2.00. The van der Waals surface area contributed by atoms with E-state index in [4.69, 9.17) is 14.5 Å². The molecule has 0 spiro atoms. The first-order valence-electron chi connectivity index (χ1n) is 5.73. The van der Waals surface area contributed by atoms with Gasteiger partial charge in [-0.1, -0.05) is 5.16 Å². The highest BCUT2D eigenvalue weighted by Gasteiger charge is 2.23. The molecule has 0 amide bonds. The number of nitrogens with zero attached hydrogens (tertiary/aromatic N) is 4. The number of nitrogens with one attached hydrogen (secondary N) is 1. The van der Waals surface area contributed by atoms with Crippen LogP contribution in [0.1, 0.15) is 30.3 Å². The van der Waals surface area contributed by atoms with Crippen molar-refractivity contribution in [2.75, 3.05) is 13.2 Å². The van der Waals surface area contributed by atoms with Crippen LogP contribution < -0.4 is 0 Å². The predicted molar refractivity (Wildman–Crippen MR) is 59.4 cm³/mol. The lowest BCUT2D eigenvalue weighted by Gasteiger charge is -2.18. The zero-order valence-corrected chi connectivity index (χ0v) is 9.59. The summed E-state index contributed by atoms with van der Waals surface area (Å²) in [6, 6.07) is 2.00. The Bertz CT molecular complexity index is 576. The van der Waals surface area contributed by atoms with E-state index < -0.39 is 0 Å². The normalized spacial score (nSPS) is 16.6. The van der Waals surface area contributed by atoms with Crippen molar-refractivity contribution in [2.45, 2.75) is 18.8 Å². The molecule has 2 aromatic rings. The molecule has 0 saturated carbocycles. The van der Waals surface area contributed by atoms with E-state index >= 15 is 0 Å². The van der Waals surface area contributed by atoms with Gasteiger partial charge in [0.15, 0.2) is 5.82 Å². The Hall–Kier alpha value is -2.20. The summed E-state index contributed by atoms with van der Waals surface area (Å²) in [7, 11) is 0. The Labute approximate surface area is 103 Å². The van der Waals surface area contributed by atoms with Gasteiger partial charge in [-0.25, -0.2) is 0 Å². The molecule has 1 aliphatic heterocycles. The molecular weight excluding hydrogens is 234 g/mol. The quantitative estimate of drug-likeness (QED) is 0.853. The molecule has 3 rings (SSSR count). The van der Waals surface area contributed by atoms with Crippen molar-refractivity contribution in [1.82, 2.24) is 20.3 Å². The van der Waals surface area contributed by atoms with Gasteiger partial charge in [0.2, 0.25) is 0 Å². The molecule has 0 radical (unpaired) electrons. The molecule has 1 saturated heterocycles. The van der Waals surface area contributed by atoms with Gasteiger partial charge >= 0.3 is 0 Å². The van der Waals surface area contributed by atoms with Crippen molar-refractivity contribution >= 4 is 0 Å². The fraction of sp³-hybridized carbons (Fsp3) is 0.455. The van der Waals surface area contributed by atoms with Crippen LogP contribution in [0.5, 0.6) is 0 Å². The predicted octanol–water partition coefficient (Wildman–Crippen LogP) is 1.23. The van der Waals surface area contributed by atoms with E-state index in [9.17, 15) is 0 Å². The summed E-state index contributed by atoms with van der Waals surface area (Å²) in [5, 5.41) is 19.3. The van der Waals surface area contributed by atoms with Gasteiger partial charge in [-0.05, 0) is 12.8 Å². The van der Waals surface area contributed by atoms with Crippen LogP contribution in [0, 0.1) is 11.3 Å². The molecule has 7 heteroatoms. The molecule has 0 unspecified atom stereocenters. The molecule has 92 valence electrons. The second-order valence-corrected chi connectivity index (χ2v) is 4.11. The summed E-state index contributed by atoms with van der Waals surface area (Å²) in [6.45, 7) is 1.45. The minimum atomic E-state index is 0.272. The van der Waals surface area contributed by atoms with Gasteiger partial charge < -0.3 is 9.26 Å². The molecule has 0 bridgehead atoms. The maximum atomic E-state index is 8.90. The van der Waals surface area contributed by atoms with Gasteiger partial charge in [0.1, 0.15) is 11.8 Å². The largest absolute Gasteiger partial charge is 0.381 e. The number of nitriles is 1. The number of aromatic amines is 1. The molecule has 1 fully saturated rings. The Balaban J connectivity index is 1.87. The third kappa shape index (κ3) is 1.87. The van der Waals surface area contributed by atoms with E-state index in [-0.39, 0.29) is 5.92 Å². The standard InChI is InChI=1S/C11H11N5O2/c12-5-9-8(6-13-15-9)11-14-10(16-18-11)7-1-3-17-4-2-7/h6-7H,1-4H2,(H,13,15). The third-order valence-electron chi connectivity index (χ3n) is 3.01. The summed E-state index contributed by atoms with van der Waals surface area (Å²) in [6.07, 6.45) is 3.31. The lowest BCUT2D eigenvalue weighted by Crippen LogP contribution is -2.15. The molecular formula is C11H11N5O2. The van der Waals surface area contributed by atoms with E-state index in [1.54, 1.807) is 0 Å². The second-order valence-electron chi connectivity index (χ2n) is 4.11. The van der Waals surface area contributed by atoms with Crippen LogP contribution >= 0.6 is 0 Å². The lowest BCUT2D eigenvalue weighted by molar-refractivity contribution is 0.0830. The first-order valence-corrected chi connectivity index (χ1v) is 5.73. The first kappa shape index (κ1) is 10.9. The van der Waals surface area contributed by atoms with Crippen LogP contribution in [0.4, 0.5) is 0 Å². The molecule has 0 aliphatic carbocycles. The first-order chi connectivity index (χ1) is 8.88. The molecule has 1 aliphatic rings. The van der Waals surface area contributed by atoms with Crippen molar-refractivity contribution in [3.8, 4) is 17.5 Å². The van der Waals surface area contributed by atoms with Gasteiger partial charge in [-0.2, -0.15) is 15.3 Å². The molecule has 0 atom stereocenters. The van der Waals surface area contributed by atoms with E-state index in [2.05, 4.69) is 20.3 Å². The second kappa shape index (κ2) is 4.58. The minimum absolute atomic E-state index is 0.272. The SMILES string of the molecule is N#Cc1[nH]ncc1-c1nc(C2CCOCC2)no1. The molecule has 18 heavy (non-hydrogen) atoms. The average molecular weight is 245 g/mol. The van der Waals surface area contributed by atoms with Crippen LogP contribution in [0.3, 0.4) is 0 Å². The van der Waals surface area contributed by atoms with Gasteiger partial charge in [-0.3, -0.25) is 5.10 Å². The summed E-state index contributed by atoms with van der Waals surface area (Å²) in [5.41, 5.74) is 0.875. The Morgan fingerprint density at radius 2 is 2.22 bits per heavy atom. The van der Waals surface area contributed by atoms with E-state index in [0.717, 1.165) is 26.1 Å². The van der Waals surface area contributed by atoms with Gasteiger partial charge in [0.05, 0.1) is 11.8 Å². The molecule has 3 heterocycles. The van der Waals surface area contributed by atoms with E-state index in [1.165, 1.54) is 6.20 Å². The highest BCUT2D eigenvalue weighted by molar-refractivity contribution is 5.59. The van der Waals surface area contributed by atoms with Crippen molar-refractivity contribution in [1.29, 1.82) is 5.26 Å². The summed E-state index contributed by atoms with van der Waals surface area (Å²) < 4.78 is 10.5. The fourth-order valence-corrected chi connectivity index (χ4v) is 2.00. The number of aromatic nitrogens is 4. The maximum absolute atomic E-state index is 8.90. The number of hydrogen-bond donors (Lipinski definition) is 1. The van der Waals surface area contributed by atoms with Crippen LogP contribution in [0.25, 0.3) is 11.5 Å². The smallest absolute Gasteiger partial charge is 0.262 e. The van der Waals surface area contributed by atoms with Crippen LogP contribution in [0.2, 0.25) is 0 Å². The number of rotatable bonds is 2. The highest BCUT2D eigenvalue weighted by Crippen LogP contribution is 2.27. The number of H-pyrrole nitrogens is 1. The van der Waals surface area contributed by atoms with Crippen molar-refractivity contribution < 1.29 is 9.26 Å². The van der Waals surface area contributed by atoms with E-state index in [0.29, 0.717) is 23.0 Å². The van der Waals surface area contributed by atoms with Gasteiger partial charge in [0.25, 0.3) is 5.89 Å². The Morgan fingerprint density at radius 3 is 3.00 bits per heavy atom. The average Bonchev–Trinajstić information content (AvgIpc) is 3.08. The molecule has 1 N–H and O–H groups in total. The third-order valence-corrected chi connectivity index (χ3v) is 3.01. The van der Waals surface area contributed by atoms with Crippen molar-refractivity contribution in [3.63, 3.8) is 0 Å². The van der Waals surface area contributed by atoms with Crippen molar-refractivity contribution in [2.24, 2.45) is 0 Å². The van der Waals surface area contributed by atoms with Gasteiger partial charge in [0, 0.05) is 19.1 Å². The monoisotopic (exact) mass is 245 g/mol. The molecule has 2 aromatic heterocycles. The van der Waals surface area contributed by atoms with Gasteiger partial charge in [-0.15, -0.1) is 0 Å². The summed E-state index contributed by atoms with van der Waals surface area (Å²) >= 11 is 0. The number of hydrogen-bond acceptors (Lipinski definition) is 6. The molecule has 0 aromatic carbocycles. The topological polar surface area (TPSA) is 101 Å². The zero-order valence-electron chi connectivity index (χ0n) is 9.59. The lowest BCUT2D eigenvalue weighted by atomic mass is 10.00. The Morgan fingerprint density at radius 1 is 1.39 bits per heavy atom. The van der Waals surface area contributed by atoms with Crippen LogP contribution in [-0.2, 0) is 4.74 Å². The Kier molecular flexibility index (Phi) is 2.78.